The van der Waals surface area contributed by atoms with Gasteiger partial charge in [0.1, 0.15) is 0 Å². The monoisotopic (exact) mass is 448 g/mol. The fourth-order valence-corrected chi connectivity index (χ4v) is 4.79. The second-order valence-electron chi connectivity index (χ2n) is 6.70. The van der Waals surface area contributed by atoms with Gasteiger partial charge in [-0.25, -0.2) is 8.42 Å². The molecule has 11 heteroatoms. The summed E-state index contributed by atoms with van der Waals surface area (Å²) in [7, 11) is -3.53. The van der Waals surface area contributed by atoms with Crippen LogP contribution < -0.4 is 10.6 Å². The van der Waals surface area contributed by atoms with E-state index in [0.717, 1.165) is 25.3 Å². The van der Waals surface area contributed by atoms with Crippen molar-refractivity contribution in [3.05, 3.63) is 64.2 Å². The van der Waals surface area contributed by atoms with Crippen molar-refractivity contribution in [2.45, 2.75) is 24.2 Å². The lowest BCUT2D eigenvalue weighted by Crippen LogP contribution is -2.35. The smallest absolute Gasteiger partial charge is 0.270 e. The summed E-state index contributed by atoms with van der Waals surface area (Å²) in [6.45, 7) is 1.05. The maximum Gasteiger partial charge on any atom is 0.270 e. The summed E-state index contributed by atoms with van der Waals surface area (Å²) in [6.07, 6.45) is 2.75. The van der Waals surface area contributed by atoms with E-state index in [1.807, 2.05) is 0 Å². The highest BCUT2D eigenvalue weighted by Gasteiger charge is 2.25. The number of thiocarbonyl (C=S) groups is 1. The summed E-state index contributed by atoms with van der Waals surface area (Å²) in [4.78, 5) is 22.7. The lowest BCUT2D eigenvalue weighted by molar-refractivity contribution is -0.384. The zero-order chi connectivity index (χ0) is 21.7. The van der Waals surface area contributed by atoms with Crippen LogP contribution in [0.15, 0.2) is 53.4 Å². The quantitative estimate of drug-likeness (QED) is 0.410. The summed E-state index contributed by atoms with van der Waals surface area (Å²) in [5.41, 5.74) is 0.389. The Morgan fingerprint density at radius 1 is 1.07 bits per heavy atom. The number of non-ortho nitro benzene ring substituents is 1. The number of amides is 1. The van der Waals surface area contributed by atoms with E-state index in [2.05, 4.69) is 10.6 Å². The van der Waals surface area contributed by atoms with Crippen LogP contribution in [0.25, 0.3) is 0 Å². The molecule has 1 aliphatic heterocycles. The minimum atomic E-state index is -3.53. The second kappa shape index (κ2) is 9.28. The Morgan fingerprint density at radius 3 is 2.37 bits per heavy atom. The highest BCUT2D eigenvalue weighted by atomic mass is 32.2. The molecule has 0 saturated carbocycles. The minimum absolute atomic E-state index is 0.0156. The van der Waals surface area contributed by atoms with Gasteiger partial charge in [0.25, 0.3) is 11.6 Å². The first-order valence-corrected chi connectivity index (χ1v) is 11.1. The Morgan fingerprint density at radius 2 is 1.73 bits per heavy atom. The molecule has 0 radical (unpaired) electrons. The van der Waals surface area contributed by atoms with Crippen LogP contribution in [-0.4, -0.2) is 41.8 Å². The molecule has 2 aromatic rings. The molecule has 1 aliphatic rings. The van der Waals surface area contributed by atoms with Crippen LogP contribution in [0.4, 0.5) is 11.4 Å². The number of piperidine rings is 1. The van der Waals surface area contributed by atoms with Gasteiger partial charge in [0.2, 0.25) is 10.0 Å². The van der Waals surface area contributed by atoms with Gasteiger partial charge in [-0.3, -0.25) is 20.2 Å². The highest BCUT2D eigenvalue weighted by molar-refractivity contribution is 7.89. The van der Waals surface area contributed by atoms with Crippen molar-refractivity contribution in [3.63, 3.8) is 0 Å². The van der Waals surface area contributed by atoms with E-state index in [1.165, 1.54) is 34.6 Å². The SMILES string of the molecule is O=C(NC(=S)Nc1ccc(S(=O)(=O)N2CCCCC2)cc1)c1cccc([N+](=O)[O-])c1. The van der Waals surface area contributed by atoms with E-state index >= 15 is 0 Å². The normalized spacial score (nSPS) is 14.7. The molecule has 1 heterocycles. The number of benzene rings is 2. The van der Waals surface area contributed by atoms with Crippen molar-refractivity contribution in [2.75, 3.05) is 18.4 Å². The van der Waals surface area contributed by atoms with Gasteiger partial charge >= 0.3 is 0 Å². The van der Waals surface area contributed by atoms with Crippen LogP contribution in [0.3, 0.4) is 0 Å². The van der Waals surface area contributed by atoms with Crippen LogP contribution in [0.5, 0.6) is 0 Å². The van der Waals surface area contributed by atoms with E-state index in [1.54, 1.807) is 12.1 Å². The predicted molar refractivity (Wildman–Crippen MR) is 116 cm³/mol. The Kier molecular flexibility index (Phi) is 6.75. The molecule has 30 heavy (non-hydrogen) atoms. The molecule has 0 bridgehead atoms. The Labute approximate surface area is 179 Å². The zero-order valence-electron chi connectivity index (χ0n) is 15.9. The van der Waals surface area contributed by atoms with Crippen molar-refractivity contribution in [2.24, 2.45) is 0 Å². The molecule has 0 aromatic heterocycles. The van der Waals surface area contributed by atoms with Gasteiger partial charge in [0, 0.05) is 36.5 Å². The Bertz CT molecular complexity index is 1060. The number of hydrogen-bond donors (Lipinski definition) is 2. The molecule has 0 atom stereocenters. The van der Waals surface area contributed by atoms with Crippen molar-refractivity contribution >= 4 is 44.6 Å². The predicted octanol–water partition coefficient (Wildman–Crippen LogP) is 2.90. The summed E-state index contributed by atoms with van der Waals surface area (Å²) in [5.74, 6) is -0.597. The fraction of sp³-hybridized carbons (Fsp3) is 0.263. The van der Waals surface area contributed by atoms with Gasteiger partial charge in [-0.1, -0.05) is 12.5 Å². The molecule has 9 nitrogen and oxygen atoms in total. The van der Waals surface area contributed by atoms with E-state index in [0.29, 0.717) is 18.8 Å². The van der Waals surface area contributed by atoms with Crippen molar-refractivity contribution in [1.82, 2.24) is 9.62 Å². The average Bonchev–Trinajstić information content (AvgIpc) is 2.74. The van der Waals surface area contributed by atoms with Gasteiger partial charge in [0.15, 0.2) is 5.11 Å². The molecule has 3 rings (SSSR count). The van der Waals surface area contributed by atoms with Crippen LogP contribution in [0.1, 0.15) is 29.6 Å². The zero-order valence-corrected chi connectivity index (χ0v) is 17.5. The number of anilines is 1. The van der Waals surface area contributed by atoms with Crippen LogP contribution in [-0.2, 0) is 10.0 Å². The number of sulfonamides is 1. The topological polar surface area (TPSA) is 122 Å². The lowest BCUT2D eigenvalue weighted by Gasteiger charge is -2.25. The molecule has 2 aromatic carbocycles. The lowest BCUT2D eigenvalue weighted by atomic mass is 10.2. The van der Waals surface area contributed by atoms with Crippen molar-refractivity contribution in [1.29, 1.82) is 0 Å². The summed E-state index contributed by atoms with van der Waals surface area (Å²) >= 11 is 5.10. The number of nitrogens with one attached hydrogen (secondary N) is 2. The molecule has 1 fully saturated rings. The summed E-state index contributed by atoms with van der Waals surface area (Å²) < 4.78 is 26.8. The van der Waals surface area contributed by atoms with E-state index in [9.17, 15) is 23.3 Å². The van der Waals surface area contributed by atoms with Gasteiger partial charge in [-0.15, -0.1) is 0 Å². The standard InChI is InChI=1S/C19H20N4O5S2/c24-18(14-5-4-6-16(13-14)23(25)26)21-19(29)20-15-7-9-17(10-8-15)30(27,28)22-11-2-1-3-12-22/h4-10,13H,1-3,11-12H2,(H2,20,21,24,29). The maximum absolute atomic E-state index is 12.7. The van der Waals surface area contributed by atoms with Gasteiger partial charge in [-0.05, 0) is 55.4 Å². The third-order valence-electron chi connectivity index (χ3n) is 4.61. The van der Waals surface area contributed by atoms with Gasteiger partial charge in [0.05, 0.1) is 9.82 Å². The van der Waals surface area contributed by atoms with E-state index < -0.39 is 20.9 Å². The molecule has 0 aliphatic carbocycles. The average molecular weight is 449 g/mol. The van der Waals surface area contributed by atoms with Gasteiger partial charge < -0.3 is 5.32 Å². The Balaban J connectivity index is 1.62. The Hall–Kier alpha value is -2.89. The number of carbonyl (C=O) groups is 1. The summed E-state index contributed by atoms with van der Waals surface area (Å²) in [6, 6.07) is 11.4. The molecule has 0 spiro atoms. The fourth-order valence-electron chi connectivity index (χ4n) is 3.06. The number of carbonyl (C=O) groups excluding carboxylic acids is 1. The third-order valence-corrected chi connectivity index (χ3v) is 6.73. The number of nitro groups is 1. The molecular weight excluding hydrogens is 428 g/mol. The van der Waals surface area contributed by atoms with Crippen LogP contribution >= 0.6 is 12.2 Å². The van der Waals surface area contributed by atoms with Crippen LogP contribution in [0, 0.1) is 10.1 Å². The molecule has 2 N–H and O–H groups in total. The molecule has 1 saturated heterocycles. The third kappa shape index (κ3) is 5.17. The van der Waals surface area contributed by atoms with Crippen molar-refractivity contribution < 1.29 is 18.1 Å². The first-order valence-electron chi connectivity index (χ1n) is 9.24. The second-order valence-corrected chi connectivity index (χ2v) is 9.05. The summed E-state index contributed by atoms with van der Waals surface area (Å²) in [5, 5.41) is 16.0. The van der Waals surface area contributed by atoms with Crippen molar-refractivity contribution in [3.8, 4) is 0 Å². The highest BCUT2D eigenvalue weighted by Crippen LogP contribution is 2.22. The largest absolute Gasteiger partial charge is 0.332 e. The minimum Gasteiger partial charge on any atom is -0.332 e. The van der Waals surface area contributed by atoms with E-state index in [4.69, 9.17) is 12.2 Å². The van der Waals surface area contributed by atoms with Gasteiger partial charge in [-0.2, -0.15) is 4.31 Å². The number of rotatable bonds is 5. The maximum atomic E-state index is 12.7. The molecule has 1 amide bonds. The number of nitro benzene ring substituents is 1. The molecule has 158 valence electrons. The number of hydrogen-bond acceptors (Lipinski definition) is 6. The number of nitrogens with zero attached hydrogens (tertiary/aromatic N) is 2. The van der Waals surface area contributed by atoms with Crippen LogP contribution in [0.2, 0.25) is 0 Å². The first kappa shape index (κ1) is 21.8. The van der Waals surface area contributed by atoms with E-state index in [-0.39, 0.29) is 21.3 Å². The molecule has 0 unspecified atom stereocenters. The first-order chi connectivity index (χ1) is 14.3. The molecular formula is C19H20N4O5S2.